The lowest BCUT2D eigenvalue weighted by molar-refractivity contribution is -0.121. The van der Waals surface area contributed by atoms with E-state index in [0.717, 1.165) is 5.56 Å². The number of rotatable bonds is 8. The minimum atomic E-state index is -0.886. The molecule has 3 aromatic carbocycles. The fourth-order valence-electron chi connectivity index (χ4n) is 3.97. The Morgan fingerprint density at radius 1 is 1.00 bits per heavy atom. The number of phenols is 1. The van der Waals surface area contributed by atoms with Gasteiger partial charge < -0.3 is 29.4 Å². The van der Waals surface area contributed by atoms with E-state index in [1.165, 1.54) is 19.2 Å². The quantitative estimate of drug-likeness (QED) is 0.329. The van der Waals surface area contributed by atoms with Gasteiger partial charge in [-0.1, -0.05) is 30.3 Å². The SMILES string of the molecule is COc1ccc(CNC(=O)CC(c2ccc(OC)c(O)c2)c2c(O)c3ccccc3oc2=O)cc1. The highest BCUT2D eigenvalue weighted by Crippen LogP contribution is 2.38. The van der Waals surface area contributed by atoms with Gasteiger partial charge in [-0.2, -0.15) is 0 Å². The Balaban J connectivity index is 1.68. The van der Waals surface area contributed by atoms with Crippen molar-refractivity contribution in [1.29, 1.82) is 0 Å². The molecular formula is C27H25NO7. The topological polar surface area (TPSA) is 118 Å². The van der Waals surface area contributed by atoms with Crippen molar-refractivity contribution >= 4 is 16.9 Å². The first kappa shape index (κ1) is 23.7. The number of carbonyl (C=O) groups is 1. The van der Waals surface area contributed by atoms with Crippen LogP contribution >= 0.6 is 0 Å². The maximum atomic E-state index is 13.0. The molecule has 180 valence electrons. The van der Waals surface area contributed by atoms with Crippen LogP contribution in [0.15, 0.2) is 75.9 Å². The van der Waals surface area contributed by atoms with Crippen LogP contribution < -0.4 is 20.4 Å². The van der Waals surface area contributed by atoms with E-state index < -0.39 is 11.5 Å². The molecule has 4 rings (SSSR count). The third kappa shape index (κ3) is 5.06. The summed E-state index contributed by atoms with van der Waals surface area (Å²) >= 11 is 0. The number of nitrogens with one attached hydrogen (secondary N) is 1. The van der Waals surface area contributed by atoms with Gasteiger partial charge in [-0.15, -0.1) is 0 Å². The van der Waals surface area contributed by atoms with E-state index in [1.54, 1.807) is 49.6 Å². The fraction of sp³-hybridized carbons (Fsp3) is 0.185. The third-order valence-corrected chi connectivity index (χ3v) is 5.81. The molecule has 35 heavy (non-hydrogen) atoms. The summed E-state index contributed by atoms with van der Waals surface area (Å²) in [6.07, 6.45) is -0.168. The van der Waals surface area contributed by atoms with Gasteiger partial charge in [0, 0.05) is 18.9 Å². The van der Waals surface area contributed by atoms with Gasteiger partial charge in [-0.3, -0.25) is 4.79 Å². The van der Waals surface area contributed by atoms with Gasteiger partial charge >= 0.3 is 5.63 Å². The average molecular weight is 475 g/mol. The minimum Gasteiger partial charge on any atom is -0.507 e. The van der Waals surface area contributed by atoms with E-state index >= 15 is 0 Å². The molecular weight excluding hydrogens is 450 g/mol. The van der Waals surface area contributed by atoms with E-state index in [0.29, 0.717) is 16.7 Å². The Morgan fingerprint density at radius 3 is 2.43 bits per heavy atom. The van der Waals surface area contributed by atoms with Gasteiger partial charge in [0.05, 0.1) is 25.2 Å². The molecule has 4 aromatic rings. The summed E-state index contributed by atoms with van der Waals surface area (Å²) < 4.78 is 15.7. The van der Waals surface area contributed by atoms with Crippen LogP contribution in [0.2, 0.25) is 0 Å². The van der Waals surface area contributed by atoms with Crippen LogP contribution in [-0.4, -0.2) is 30.3 Å². The number of fused-ring (bicyclic) bond motifs is 1. The molecule has 1 heterocycles. The second-order valence-electron chi connectivity index (χ2n) is 7.96. The molecule has 0 radical (unpaired) electrons. The zero-order valence-corrected chi connectivity index (χ0v) is 19.3. The monoisotopic (exact) mass is 475 g/mol. The highest BCUT2D eigenvalue weighted by molar-refractivity contribution is 5.85. The van der Waals surface area contributed by atoms with Crippen molar-refractivity contribution in [3.8, 4) is 23.0 Å². The molecule has 3 N–H and O–H groups in total. The lowest BCUT2D eigenvalue weighted by atomic mass is 9.87. The van der Waals surface area contributed by atoms with E-state index in [-0.39, 0.29) is 47.3 Å². The van der Waals surface area contributed by atoms with E-state index in [1.807, 2.05) is 12.1 Å². The van der Waals surface area contributed by atoms with Gasteiger partial charge in [-0.25, -0.2) is 4.79 Å². The number of phenolic OH excluding ortho intramolecular Hbond substituents is 1. The number of aromatic hydroxyl groups is 2. The molecule has 1 aromatic heterocycles. The van der Waals surface area contributed by atoms with Gasteiger partial charge in [0.1, 0.15) is 17.1 Å². The second-order valence-corrected chi connectivity index (χ2v) is 7.96. The Hall–Kier alpha value is -4.46. The number of para-hydroxylation sites is 1. The Morgan fingerprint density at radius 2 is 1.74 bits per heavy atom. The predicted octanol–water partition coefficient (Wildman–Crippen LogP) is 4.06. The number of ether oxygens (including phenoxy) is 2. The normalized spacial score (nSPS) is 11.7. The second kappa shape index (κ2) is 10.2. The lowest BCUT2D eigenvalue weighted by Gasteiger charge is -2.19. The summed E-state index contributed by atoms with van der Waals surface area (Å²) in [5.74, 6) is -0.709. The maximum absolute atomic E-state index is 13.0. The van der Waals surface area contributed by atoms with E-state index in [2.05, 4.69) is 5.32 Å². The smallest absolute Gasteiger partial charge is 0.343 e. The standard InChI is InChI=1S/C27H25NO7/c1-33-18-10-7-16(8-11-18)15-28-24(30)14-20(17-9-12-23(34-2)21(29)13-17)25-26(31)19-5-3-4-6-22(19)35-27(25)32/h3-13,20,29,31H,14-15H2,1-2H3,(H,28,30). The van der Waals surface area contributed by atoms with Crippen molar-refractivity contribution in [2.45, 2.75) is 18.9 Å². The van der Waals surface area contributed by atoms with Crippen molar-refractivity contribution in [1.82, 2.24) is 5.32 Å². The molecule has 1 atom stereocenters. The van der Waals surface area contributed by atoms with Crippen LogP contribution in [0.4, 0.5) is 0 Å². The predicted molar refractivity (Wildman–Crippen MR) is 130 cm³/mol. The van der Waals surface area contributed by atoms with Crippen LogP contribution in [0.1, 0.15) is 29.0 Å². The van der Waals surface area contributed by atoms with Crippen molar-refractivity contribution in [2.75, 3.05) is 14.2 Å². The maximum Gasteiger partial charge on any atom is 0.343 e. The molecule has 1 unspecified atom stereocenters. The summed E-state index contributed by atoms with van der Waals surface area (Å²) in [6, 6.07) is 18.4. The summed E-state index contributed by atoms with van der Waals surface area (Å²) in [4.78, 5) is 25.9. The number of hydrogen-bond acceptors (Lipinski definition) is 7. The highest BCUT2D eigenvalue weighted by atomic mass is 16.5. The van der Waals surface area contributed by atoms with Crippen LogP contribution in [0, 0.1) is 0 Å². The first-order valence-corrected chi connectivity index (χ1v) is 10.9. The van der Waals surface area contributed by atoms with E-state index in [4.69, 9.17) is 13.9 Å². The summed E-state index contributed by atoms with van der Waals surface area (Å²) in [5.41, 5.74) is 0.725. The Kier molecular flexibility index (Phi) is 6.91. The summed E-state index contributed by atoms with van der Waals surface area (Å²) in [6.45, 7) is 0.266. The molecule has 0 saturated carbocycles. The van der Waals surface area contributed by atoms with Crippen molar-refractivity contribution in [2.24, 2.45) is 0 Å². The number of amides is 1. The zero-order valence-electron chi connectivity index (χ0n) is 19.3. The van der Waals surface area contributed by atoms with Gasteiger partial charge in [0.15, 0.2) is 11.5 Å². The first-order chi connectivity index (χ1) is 16.9. The number of methoxy groups -OCH3 is 2. The summed E-state index contributed by atoms with van der Waals surface area (Å²) in [7, 11) is 3.00. The average Bonchev–Trinajstić information content (AvgIpc) is 2.87. The highest BCUT2D eigenvalue weighted by Gasteiger charge is 2.27. The first-order valence-electron chi connectivity index (χ1n) is 10.9. The van der Waals surface area contributed by atoms with Crippen molar-refractivity contribution in [3.05, 3.63) is 93.8 Å². The van der Waals surface area contributed by atoms with E-state index in [9.17, 15) is 19.8 Å². The molecule has 0 aliphatic rings. The molecule has 1 amide bonds. The third-order valence-electron chi connectivity index (χ3n) is 5.81. The molecule has 8 nitrogen and oxygen atoms in total. The van der Waals surface area contributed by atoms with Gasteiger partial charge in [-0.05, 0) is 47.5 Å². The van der Waals surface area contributed by atoms with Gasteiger partial charge in [0.25, 0.3) is 0 Å². The molecule has 0 bridgehead atoms. The summed E-state index contributed by atoms with van der Waals surface area (Å²) in [5, 5.41) is 24.5. The molecule has 0 aliphatic heterocycles. The fourth-order valence-corrected chi connectivity index (χ4v) is 3.97. The zero-order chi connectivity index (χ0) is 24.9. The van der Waals surface area contributed by atoms with Crippen molar-refractivity contribution < 1.29 is 28.9 Å². The molecule has 8 heteroatoms. The molecule has 0 fully saturated rings. The number of hydrogen-bond donors (Lipinski definition) is 3. The Labute approximate surface area is 201 Å². The molecule has 0 spiro atoms. The molecule has 0 aliphatic carbocycles. The molecule has 0 saturated heterocycles. The lowest BCUT2D eigenvalue weighted by Crippen LogP contribution is -2.26. The van der Waals surface area contributed by atoms with Crippen LogP contribution in [0.3, 0.4) is 0 Å². The van der Waals surface area contributed by atoms with Gasteiger partial charge in [0.2, 0.25) is 5.91 Å². The number of carbonyl (C=O) groups excluding carboxylic acids is 1. The number of benzene rings is 3. The van der Waals surface area contributed by atoms with Crippen LogP contribution in [0.25, 0.3) is 11.0 Å². The largest absolute Gasteiger partial charge is 0.507 e. The van der Waals surface area contributed by atoms with Crippen molar-refractivity contribution in [3.63, 3.8) is 0 Å². The van der Waals surface area contributed by atoms with Crippen LogP contribution in [0.5, 0.6) is 23.0 Å². The van der Waals surface area contributed by atoms with Crippen LogP contribution in [-0.2, 0) is 11.3 Å². The Bertz CT molecular complexity index is 1410. The minimum absolute atomic E-state index is 0.0622.